The fourth-order valence-electron chi connectivity index (χ4n) is 5.06. The predicted octanol–water partition coefficient (Wildman–Crippen LogP) is 6.61. The quantitative estimate of drug-likeness (QED) is 0.461. The van der Waals surface area contributed by atoms with E-state index in [-0.39, 0.29) is 10.9 Å². The number of fused-ring (bicyclic) bond motifs is 2. The van der Waals surface area contributed by atoms with Crippen LogP contribution in [-0.4, -0.2) is 0 Å². The fourth-order valence-corrected chi connectivity index (χ4v) is 7.15. The molecule has 26 heavy (non-hydrogen) atoms. The van der Waals surface area contributed by atoms with E-state index in [2.05, 4.69) is 84.9 Å². The summed E-state index contributed by atoms with van der Waals surface area (Å²) in [5, 5.41) is 0. The van der Waals surface area contributed by atoms with Crippen LogP contribution in [-0.2, 0) is 16.3 Å². The van der Waals surface area contributed by atoms with Crippen LogP contribution < -0.4 is 0 Å². The van der Waals surface area contributed by atoms with Crippen molar-refractivity contribution >= 4 is 10.9 Å². The molecule has 3 aromatic rings. The van der Waals surface area contributed by atoms with Crippen LogP contribution in [0.4, 0.5) is 0 Å². The number of rotatable bonds is 4. The van der Waals surface area contributed by atoms with Gasteiger partial charge in [0.25, 0.3) is 0 Å². The zero-order valence-corrected chi connectivity index (χ0v) is 15.9. The first kappa shape index (κ1) is 16.2. The van der Waals surface area contributed by atoms with E-state index in [9.17, 15) is 0 Å². The molecule has 0 atom stereocenters. The third-order valence-corrected chi connectivity index (χ3v) is 8.63. The third-order valence-electron chi connectivity index (χ3n) is 6.40. The van der Waals surface area contributed by atoms with Gasteiger partial charge in [-0.2, -0.15) is 0 Å². The van der Waals surface area contributed by atoms with E-state index in [0.29, 0.717) is 5.41 Å². The van der Waals surface area contributed by atoms with Crippen molar-refractivity contribution in [1.82, 2.24) is 0 Å². The lowest BCUT2D eigenvalue weighted by Gasteiger charge is -2.27. The molecule has 0 saturated heterocycles. The van der Waals surface area contributed by atoms with Crippen LogP contribution in [0, 0.1) is 5.92 Å². The summed E-state index contributed by atoms with van der Waals surface area (Å²) in [6.07, 6.45) is 7.12. The normalized spacial score (nSPS) is 24.3. The van der Waals surface area contributed by atoms with Gasteiger partial charge in [-0.05, 0) is 85.4 Å². The Morgan fingerprint density at radius 2 is 1.12 bits per heavy atom. The SMILES string of the molecule is c1ccc([S+](c2ccccc2)c2ccc(C34CCC(CC3)C4)cc2)cc1. The molecule has 1 heteroatoms. The van der Waals surface area contributed by atoms with Crippen LogP contribution in [0.15, 0.2) is 99.6 Å². The Balaban J connectivity index is 1.53. The van der Waals surface area contributed by atoms with Crippen molar-refractivity contribution < 1.29 is 0 Å². The molecule has 5 rings (SSSR count). The van der Waals surface area contributed by atoms with E-state index in [1.54, 1.807) is 5.56 Å². The van der Waals surface area contributed by atoms with Crippen molar-refractivity contribution in [3.8, 4) is 0 Å². The number of hydrogen-bond donors (Lipinski definition) is 0. The molecule has 2 bridgehead atoms. The highest BCUT2D eigenvalue weighted by Crippen LogP contribution is 2.55. The van der Waals surface area contributed by atoms with Gasteiger partial charge < -0.3 is 0 Å². The highest BCUT2D eigenvalue weighted by Gasteiger charge is 2.45. The molecule has 2 saturated carbocycles. The maximum absolute atomic E-state index is 2.44. The van der Waals surface area contributed by atoms with Gasteiger partial charge in [0.05, 0.1) is 10.9 Å². The third kappa shape index (κ3) is 2.79. The molecule has 0 amide bonds. The molecule has 2 aliphatic rings. The highest BCUT2D eigenvalue weighted by atomic mass is 32.2. The first-order chi connectivity index (χ1) is 12.8. The standard InChI is InChI=1S/C25H25S/c1-3-7-22(8-4-1)26(23-9-5-2-6-10-23)24-13-11-21(12-14-24)25-17-15-20(19-25)16-18-25/h1-14,20H,15-19H2/q+1. The van der Waals surface area contributed by atoms with Crippen LogP contribution >= 0.6 is 0 Å². The van der Waals surface area contributed by atoms with Gasteiger partial charge in [0.1, 0.15) is 0 Å². The molecule has 0 radical (unpaired) electrons. The molecule has 0 heterocycles. The highest BCUT2D eigenvalue weighted by molar-refractivity contribution is 7.97. The van der Waals surface area contributed by atoms with Crippen LogP contribution in [0.25, 0.3) is 0 Å². The molecular weight excluding hydrogens is 332 g/mol. The van der Waals surface area contributed by atoms with Crippen molar-refractivity contribution in [3.05, 3.63) is 90.5 Å². The van der Waals surface area contributed by atoms with Gasteiger partial charge in [-0.1, -0.05) is 48.5 Å². The van der Waals surface area contributed by atoms with E-state index in [0.717, 1.165) is 5.92 Å². The number of benzene rings is 3. The molecule has 0 nitrogen and oxygen atoms in total. The molecule has 130 valence electrons. The largest absolute Gasteiger partial charge is 0.166 e. The summed E-state index contributed by atoms with van der Waals surface area (Å²) < 4.78 is 0. The van der Waals surface area contributed by atoms with Crippen molar-refractivity contribution in [3.63, 3.8) is 0 Å². The molecule has 3 aromatic carbocycles. The average Bonchev–Trinajstić information content (AvgIpc) is 3.33. The van der Waals surface area contributed by atoms with Crippen molar-refractivity contribution in [1.29, 1.82) is 0 Å². The van der Waals surface area contributed by atoms with Gasteiger partial charge >= 0.3 is 0 Å². The molecule has 0 spiro atoms. The van der Waals surface area contributed by atoms with Crippen molar-refractivity contribution in [2.45, 2.75) is 52.2 Å². The lowest BCUT2D eigenvalue weighted by Crippen LogP contribution is -2.19. The Labute approximate surface area is 159 Å². The Hall–Kier alpha value is -1.99. The fraction of sp³-hybridized carbons (Fsp3) is 0.280. The van der Waals surface area contributed by atoms with Gasteiger partial charge in [-0.3, -0.25) is 0 Å². The molecule has 2 fully saturated rings. The molecular formula is C25H25S+. The van der Waals surface area contributed by atoms with Gasteiger partial charge in [-0.25, -0.2) is 0 Å². The predicted molar refractivity (Wildman–Crippen MR) is 110 cm³/mol. The van der Waals surface area contributed by atoms with E-state index >= 15 is 0 Å². The molecule has 0 aromatic heterocycles. The molecule has 2 aliphatic carbocycles. The van der Waals surface area contributed by atoms with Crippen LogP contribution in [0.5, 0.6) is 0 Å². The summed E-state index contributed by atoms with van der Waals surface area (Å²) in [7, 11) is -0.0295. The summed E-state index contributed by atoms with van der Waals surface area (Å²) in [6, 6.07) is 31.6. The second-order valence-corrected chi connectivity index (χ2v) is 9.91. The minimum absolute atomic E-state index is 0.0295. The van der Waals surface area contributed by atoms with Crippen LogP contribution in [0.3, 0.4) is 0 Å². The zero-order valence-electron chi connectivity index (χ0n) is 15.1. The van der Waals surface area contributed by atoms with Crippen LogP contribution in [0.1, 0.15) is 37.7 Å². The van der Waals surface area contributed by atoms with E-state index in [1.807, 2.05) is 0 Å². The van der Waals surface area contributed by atoms with Gasteiger partial charge in [0.2, 0.25) is 0 Å². The van der Waals surface area contributed by atoms with Gasteiger partial charge in [0.15, 0.2) is 14.7 Å². The van der Waals surface area contributed by atoms with E-state index < -0.39 is 0 Å². The Kier molecular flexibility index (Phi) is 4.13. The van der Waals surface area contributed by atoms with Gasteiger partial charge in [0, 0.05) is 0 Å². The zero-order chi connectivity index (χ0) is 17.4. The minimum Gasteiger partial charge on any atom is -0.0619 e. The molecule has 0 N–H and O–H groups in total. The summed E-state index contributed by atoms with van der Waals surface area (Å²) >= 11 is 0. The van der Waals surface area contributed by atoms with Crippen LogP contribution in [0.2, 0.25) is 0 Å². The summed E-state index contributed by atoms with van der Waals surface area (Å²) in [5.74, 6) is 0.998. The second-order valence-electron chi connectivity index (χ2n) is 7.88. The first-order valence-electron chi connectivity index (χ1n) is 9.79. The minimum atomic E-state index is -0.0295. The Morgan fingerprint density at radius 1 is 0.615 bits per heavy atom. The Bertz CT molecular complexity index is 820. The lowest BCUT2D eigenvalue weighted by atomic mass is 9.78. The monoisotopic (exact) mass is 357 g/mol. The first-order valence-corrected chi connectivity index (χ1v) is 11.0. The second kappa shape index (κ2) is 6.63. The average molecular weight is 358 g/mol. The summed E-state index contributed by atoms with van der Waals surface area (Å²) in [5.41, 5.74) is 2.09. The van der Waals surface area contributed by atoms with E-state index in [4.69, 9.17) is 0 Å². The lowest BCUT2D eigenvalue weighted by molar-refractivity contribution is 0.419. The maximum atomic E-state index is 2.44. The Morgan fingerprint density at radius 3 is 1.58 bits per heavy atom. The maximum Gasteiger partial charge on any atom is 0.166 e. The summed E-state index contributed by atoms with van der Waals surface area (Å²) in [4.78, 5) is 4.22. The van der Waals surface area contributed by atoms with Crippen molar-refractivity contribution in [2.75, 3.05) is 0 Å². The summed E-state index contributed by atoms with van der Waals surface area (Å²) in [6.45, 7) is 0. The van der Waals surface area contributed by atoms with E-state index in [1.165, 1.54) is 46.8 Å². The molecule has 0 unspecified atom stereocenters. The van der Waals surface area contributed by atoms with Gasteiger partial charge in [-0.15, -0.1) is 0 Å². The molecule has 0 aliphatic heterocycles. The van der Waals surface area contributed by atoms with Crippen molar-refractivity contribution in [2.24, 2.45) is 5.92 Å². The number of hydrogen-bond acceptors (Lipinski definition) is 0. The smallest absolute Gasteiger partial charge is 0.0619 e. The topological polar surface area (TPSA) is 0 Å².